The third-order valence-electron chi connectivity index (χ3n) is 4.69. The largest absolute Gasteiger partial charge is 0.496 e. The van der Waals surface area contributed by atoms with E-state index in [0.717, 1.165) is 34.3 Å². The van der Waals surface area contributed by atoms with Gasteiger partial charge in [0.1, 0.15) is 5.75 Å². The molecule has 1 fully saturated rings. The van der Waals surface area contributed by atoms with Crippen LogP contribution in [0.25, 0.3) is 5.78 Å². The van der Waals surface area contributed by atoms with E-state index in [2.05, 4.69) is 31.0 Å². The summed E-state index contributed by atoms with van der Waals surface area (Å²) in [6.07, 6.45) is 3.47. The molecule has 1 unspecified atom stereocenters. The maximum Gasteiger partial charge on any atom is 0.294 e. The number of nitrogens with zero attached hydrogens (tertiary/aromatic N) is 5. The quantitative estimate of drug-likeness (QED) is 0.656. The number of amides is 1. The molecular weight excluding hydrogens is 398 g/mol. The number of carbonyl (C=O) groups excluding carboxylic acids is 1. The highest BCUT2D eigenvalue weighted by Gasteiger charge is 2.34. The predicted molar refractivity (Wildman–Crippen MR) is 99.2 cm³/mol. The molecule has 0 spiro atoms. The highest BCUT2D eigenvalue weighted by molar-refractivity contribution is 9.10. The zero-order chi connectivity index (χ0) is 18.3. The van der Waals surface area contributed by atoms with Crippen molar-refractivity contribution in [1.82, 2.24) is 24.5 Å². The first-order chi connectivity index (χ1) is 12.6. The molecule has 0 aliphatic carbocycles. The number of hydrogen-bond acceptors (Lipinski definition) is 5. The summed E-state index contributed by atoms with van der Waals surface area (Å²) in [6.45, 7) is 2.57. The van der Waals surface area contributed by atoms with E-state index >= 15 is 0 Å². The van der Waals surface area contributed by atoms with Gasteiger partial charge in [0.2, 0.25) is 5.82 Å². The number of methoxy groups -OCH3 is 1. The van der Waals surface area contributed by atoms with E-state index in [4.69, 9.17) is 4.74 Å². The topological polar surface area (TPSA) is 72.6 Å². The van der Waals surface area contributed by atoms with Gasteiger partial charge in [-0.3, -0.25) is 4.79 Å². The molecule has 0 bridgehead atoms. The predicted octanol–water partition coefficient (Wildman–Crippen LogP) is 3.18. The normalized spacial score (nSPS) is 17.0. The minimum Gasteiger partial charge on any atom is -0.496 e. The Morgan fingerprint density at radius 3 is 2.96 bits per heavy atom. The first-order valence-corrected chi connectivity index (χ1v) is 9.20. The summed E-state index contributed by atoms with van der Waals surface area (Å²) in [7, 11) is 1.64. The lowest BCUT2D eigenvalue weighted by Crippen LogP contribution is -2.31. The van der Waals surface area contributed by atoms with Gasteiger partial charge in [0.25, 0.3) is 11.7 Å². The van der Waals surface area contributed by atoms with Crippen LogP contribution in [0.4, 0.5) is 0 Å². The van der Waals surface area contributed by atoms with Crippen LogP contribution in [0.15, 0.2) is 34.9 Å². The molecule has 3 aromatic rings. The molecule has 26 heavy (non-hydrogen) atoms. The maximum absolute atomic E-state index is 13.1. The van der Waals surface area contributed by atoms with Gasteiger partial charge in [-0.1, -0.05) is 15.9 Å². The van der Waals surface area contributed by atoms with E-state index in [1.165, 1.54) is 0 Å². The molecule has 1 saturated heterocycles. The standard InChI is InChI=1S/C18H18BrN5O2/c1-11-7-8-20-18-21-16(22-24(11)18)17(25)23-9-3-4-14(23)13-10-12(19)5-6-15(13)26-2/h5-8,10,14H,3-4,9H2,1-2H3. The first kappa shape index (κ1) is 17.0. The first-order valence-electron chi connectivity index (χ1n) is 8.41. The zero-order valence-electron chi connectivity index (χ0n) is 14.5. The van der Waals surface area contributed by atoms with Gasteiger partial charge in [0, 0.05) is 28.5 Å². The summed E-state index contributed by atoms with van der Waals surface area (Å²) in [5.74, 6) is 1.20. The minimum absolute atomic E-state index is 0.0596. The number of hydrogen-bond donors (Lipinski definition) is 0. The van der Waals surface area contributed by atoms with E-state index in [9.17, 15) is 4.79 Å². The zero-order valence-corrected chi connectivity index (χ0v) is 16.1. The molecule has 0 N–H and O–H groups in total. The Morgan fingerprint density at radius 2 is 2.19 bits per heavy atom. The number of likely N-dealkylation sites (tertiary alicyclic amines) is 1. The van der Waals surface area contributed by atoms with Crippen molar-refractivity contribution in [3.05, 3.63) is 52.0 Å². The fraction of sp³-hybridized carbons (Fsp3) is 0.333. The molecule has 8 heteroatoms. The van der Waals surface area contributed by atoms with Crippen molar-refractivity contribution >= 4 is 27.6 Å². The van der Waals surface area contributed by atoms with Crippen LogP contribution >= 0.6 is 15.9 Å². The van der Waals surface area contributed by atoms with Crippen LogP contribution in [0.5, 0.6) is 5.75 Å². The van der Waals surface area contributed by atoms with Crippen LogP contribution in [-0.2, 0) is 0 Å². The molecule has 0 saturated carbocycles. The molecule has 0 radical (unpaired) electrons. The molecule has 7 nitrogen and oxygen atoms in total. The number of fused-ring (bicyclic) bond motifs is 1. The average Bonchev–Trinajstić information content (AvgIpc) is 3.29. The molecule has 3 heterocycles. The number of aromatic nitrogens is 4. The van der Waals surface area contributed by atoms with Crippen molar-refractivity contribution in [2.45, 2.75) is 25.8 Å². The molecule has 1 aliphatic heterocycles. The summed E-state index contributed by atoms with van der Waals surface area (Å²) in [5, 5.41) is 4.36. The summed E-state index contributed by atoms with van der Waals surface area (Å²) in [5.41, 5.74) is 1.87. The van der Waals surface area contributed by atoms with Crippen LogP contribution in [0.2, 0.25) is 0 Å². The van der Waals surface area contributed by atoms with Crippen LogP contribution in [0.1, 0.15) is 40.8 Å². The van der Waals surface area contributed by atoms with Gasteiger partial charge in [0.15, 0.2) is 0 Å². The van der Waals surface area contributed by atoms with Crippen LogP contribution in [0, 0.1) is 6.92 Å². The van der Waals surface area contributed by atoms with E-state index in [-0.39, 0.29) is 17.8 Å². The Labute approximate surface area is 159 Å². The van der Waals surface area contributed by atoms with Crippen molar-refractivity contribution in [2.75, 3.05) is 13.7 Å². The van der Waals surface area contributed by atoms with E-state index in [1.54, 1.807) is 17.8 Å². The van der Waals surface area contributed by atoms with Crippen LogP contribution in [-0.4, -0.2) is 44.0 Å². The molecule has 2 aromatic heterocycles. The van der Waals surface area contributed by atoms with Crippen molar-refractivity contribution in [3.63, 3.8) is 0 Å². The van der Waals surface area contributed by atoms with Crippen LogP contribution in [0.3, 0.4) is 0 Å². The molecular formula is C18H18BrN5O2. The summed E-state index contributed by atoms with van der Waals surface area (Å²) < 4.78 is 8.06. The highest BCUT2D eigenvalue weighted by atomic mass is 79.9. The number of aryl methyl sites for hydroxylation is 1. The van der Waals surface area contributed by atoms with Gasteiger partial charge in [-0.15, -0.1) is 5.10 Å². The van der Waals surface area contributed by atoms with Crippen molar-refractivity contribution in [2.24, 2.45) is 0 Å². The van der Waals surface area contributed by atoms with E-state index in [1.807, 2.05) is 36.1 Å². The van der Waals surface area contributed by atoms with Gasteiger partial charge in [0.05, 0.1) is 13.2 Å². The summed E-state index contributed by atoms with van der Waals surface area (Å²) in [4.78, 5) is 23.4. The second kappa shape index (κ2) is 6.68. The Hall–Kier alpha value is -2.48. The van der Waals surface area contributed by atoms with E-state index in [0.29, 0.717) is 12.3 Å². The van der Waals surface area contributed by atoms with Crippen molar-refractivity contribution < 1.29 is 9.53 Å². The lowest BCUT2D eigenvalue weighted by atomic mass is 10.0. The highest BCUT2D eigenvalue weighted by Crippen LogP contribution is 2.38. The van der Waals surface area contributed by atoms with E-state index < -0.39 is 0 Å². The van der Waals surface area contributed by atoms with Gasteiger partial charge in [-0.05, 0) is 44.0 Å². The molecule has 1 aromatic carbocycles. The van der Waals surface area contributed by atoms with Gasteiger partial charge in [-0.2, -0.15) is 4.98 Å². The minimum atomic E-state index is -0.181. The van der Waals surface area contributed by atoms with Gasteiger partial charge >= 0.3 is 0 Å². The fourth-order valence-corrected chi connectivity index (χ4v) is 3.80. The second-order valence-corrected chi connectivity index (χ2v) is 7.19. The SMILES string of the molecule is COc1ccc(Br)cc1C1CCCN1C(=O)c1nc2nccc(C)n2n1. The third-order valence-corrected chi connectivity index (χ3v) is 5.18. The van der Waals surface area contributed by atoms with Crippen molar-refractivity contribution in [3.8, 4) is 5.75 Å². The second-order valence-electron chi connectivity index (χ2n) is 6.28. The Bertz CT molecular complexity index is 987. The Balaban J connectivity index is 1.71. The summed E-state index contributed by atoms with van der Waals surface area (Å²) >= 11 is 3.51. The van der Waals surface area contributed by atoms with Crippen LogP contribution < -0.4 is 4.74 Å². The smallest absolute Gasteiger partial charge is 0.294 e. The monoisotopic (exact) mass is 415 g/mol. The third kappa shape index (κ3) is 2.84. The molecule has 1 atom stereocenters. The summed E-state index contributed by atoms with van der Waals surface area (Å²) in [6, 6.07) is 7.63. The molecule has 134 valence electrons. The Morgan fingerprint density at radius 1 is 1.35 bits per heavy atom. The lowest BCUT2D eigenvalue weighted by Gasteiger charge is -2.25. The number of rotatable bonds is 3. The Kier molecular flexibility index (Phi) is 4.36. The number of ether oxygens (including phenoxy) is 1. The fourth-order valence-electron chi connectivity index (χ4n) is 3.42. The van der Waals surface area contributed by atoms with Crippen molar-refractivity contribution in [1.29, 1.82) is 0 Å². The lowest BCUT2D eigenvalue weighted by molar-refractivity contribution is 0.0722. The molecule has 1 amide bonds. The molecule has 1 aliphatic rings. The number of carbonyl (C=O) groups is 1. The van der Waals surface area contributed by atoms with Gasteiger partial charge < -0.3 is 9.64 Å². The number of benzene rings is 1. The average molecular weight is 416 g/mol. The maximum atomic E-state index is 13.1. The molecule has 4 rings (SSSR count). The number of halogens is 1. The van der Waals surface area contributed by atoms with Gasteiger partial charge in [-0.25, -0.2) is 9.50 Å².